The zero-order chi connectivity index (χ0) is 14.7. The Hall–Kier alpha value is -2.89. The lowest BCUT2D eigenvalue weighted by atomic mass is 10.2. The number of phenolic OH excluding ortho intramolecular Hbond substituents is 1. The van der Waals surface area contributed by atoms with Gasteiger partial charge in [-0.05, 0) is 30.3 Å². The molecule has 0 unspecified atom stereocenters. The van der Waals surface area contributed by atoms with Crippen LogP contribution in [0.15, 0.2) is 55.1 Å². The summed E-state index contributed by atoms with van der Waals surface area (Å²) in [5.74, 6) is 0.347. The Morgan fingerprint density at radius 3 is 2.62 bits per heavy atom. The molecule has 0 aliphatic heterocycles. The Bertz CT molecular complexity index is 727. The van der Waals surface area contributed by atoms with E-state index in [0.717, 1.165) is 0 Å². The van der Waals surface area contributed by atoms with E-state index in [0.29, 0.717) is 17.0 Å². The summed E-state index contributed by atoms with van der Waals surface area (Å²) < 4.78 is 21.0. The van der Waals surface area contributed by atoms with E-state index in [1.54, 1.807) is 24.3 Å². The first-order valence-corrected chi connectivity index (χ1v) is 6.27. The van der Waals surface area contributed by atoms with Gasteiger partial charge in [0.1, 0.15) is 36.6 Å². The number of aromatic nitrogens is 3. The van der Waals surface area contributed by atoms with E-state index >= 15 is 0 Å². The van der Waals surface area contributed by atoms with Crippen molar-refractivity contribution in [1.82, 2.24) is 14.8 Å². The second-order valence-corrected chi connectivity index (χ2v) is 4.40. The summed E-state index contributed by atoms with van der Waals surface area (Å²) in [6, 6.07) is 11.0. The molecule has 0 saturated carbocycles. The summed E-state index contributed by atoms with van der Waals surface area (Å²) in [6.45, 7) is 0.105. The highest BCUT2D eigenvalue weighted by Gasteiger charge is 2.06. The first-order chi connectivity index (χ1) is 10.2. The van der Waals surface area contributed by atoms with Crippen molar-refractivity contribution in [3.8, 4) is 17.2 Å². The van der Waals surface area contributed by atoms with Crippen molar-refractivity contribution in [2.24, 2.45) is 0 Å². The predicted molar refractivity (Wildman–Crippen MR) is 73.8 cm³/mol. The minimum absolute atomic E-state index is 0.105. The molecule has 1 N–H and O–H groups in total. The summed E-state index contributed by atoms with van der Waals surface area (Å²) in [6.07, 6.45) is 2.89. The largest absolute Gasteiger partial charge is 0.508 e. The molecule has 2 aromatic carbocycles. The molecule has 1 aromatic heterocycles. The van der Waals surface area contributed by atoms with Crippen LogP contribution in [-0.4, -0.2) is 19.9 Å². The molecule has 0 fully saturated rings. The van der Waals surface area contributed by atoms with Crippen molar-refractivity contribution < 1.29 is 14.2 Å². The smallest absolute Gasteiger partial charge is 0.138 e. The zero-order valence-electron chi connectivity index (χ0n) is 11.0. The summed E-state index contributed by atoms with van der Waals surface area (Å²) in [7, 11) is 0. The molecule has 0 spiro atoms. The number of rotatable bonds is 4. The number of benzene rings is 2. The summed E-state index contributed by atoms with van der Waals surface area (Å²) in [5.41, 5.74) is 1.03. The molecule has 3 rings (SSSR count). The first kappa shape index (κ1) is 13.1. The summed E-state index contributed by atoms with van der Waals surface area (Å²) in [4.78, 5) is 3.82. The van der Waals surface area contributed by atoms with Crippen LogP contribution in [0.3, 0.4) is 0 Å². The van der Waals surface area contributed by atoms with Crippen LogP contribution < -0.4 is 4.74 Å². The van der Waals surface area contributed by atoms with Crippen LogP contribution in [0.5, 0.6) is 11.5 Å². The molecule has 0 saturated heterocycles. The molecule has 6 heteroatoms. The Labute approximate surface area is 120 Å². The maximum absolute atomic E-state index is 14.0. The molecular formula is C15H12FN3O2. The Kier molecular flexibility index (Phi) is 3.51. The van der Waals surface area contributed by atoms with Gasteiger partial charge in [-0.1, -0.05) is 6.07 Å². The van der Waals surface area contributed by atoms with Crippen LogP contribution >= 0.6 is 0 Å². The van der Waals surface area contributed by atoms with Gasteiger partial charge in [-0.15, -0.1) is 0 Å². The molecular weight excluding hydrogens is 273 g/mol. The van der Waals surface area contributed by atoms with Crippen molar-refractivity contribution in [3.63, 3.8) is 0 Å². The number of hydrogen-bond acceptors (Lipinski definition) is 4. The molecule has 0 amide bonds. The lowest BCUT2D eigenvalue weighted by molar-refractivity contribution is 0.299. The standard InChI is InChI=1S/C15H12FN3O2/c16-15-7-12(19-10-17-9-18-19)2-1-11(15)8-21-14-5-3-13(20)4-6-14/h1-7,9-10,20H,8H2. The monoisotopic (exact) mass is 285 g/mol. The normalized spacial score (nSPS) is 10.5. The lowest BCUT2D eigenvalue weighted by Gasteiger charge is -2.08. The van der Waals surface area contributed by atoms with Crippen molar-refractivity contribution >= 4 is 0 Å². The van der Waals surface area contributed by atoms with E-state index in [1.165, 1.54) is 35.5 Å². The highest BCUT2D eigenvalue weighted by atomic mass is 19.1. The fourth-order valence-electron chi connectivity index (χ4n) is 1.84. The fourth-order valence-corrected chi connectivity index (χ4v) is 1.84. The number of ether oxygens (including phenoxy) is 1. The molecule has 3 aromatic rings. The Balaban J connectivity index is 1.73. The number of phenols is 1. The van der Waals surface area contributed by atoms with Crippen LogP contribution in [0.2, 0.25) is 0 Å². The van der Waals surface area contributed by atoms with E-state index in [1.807, 2.05) is 0 Å². The minimum Gasteiger partial charge on any atom is -0.508 e. The SMILES string of the molecule is Oc1ccc(OCc2ccc(-n3cncn3)cc2F)cc1. The fraction of sp³-hybridized carbons (Fsp3) is 0.0667. The number of halogens is 1. The van der Waals surface area contributed by atoms with Gasteiger partial charge in [-0.25, -0.2) is 14.1 Å². The molecule has 0 aliphatic carbocycles. The van der Waals surface area contributed by atoms with Crippen LogP contribution in [0.1, 0.15) is 5.56 Å². The predicted octanol–water partition coefficient (Wildman–Crippen LogP) is 2.69. The van der Waals surface area contributed by atoms with Crippen molar-refractivity contribution in [3.05, 3.63) is 66.5 Å². The van der Waals surface area contributed by atoms with Gasteiger partial charge >= 0.3 is 0 Å². The number of nitrogens with zero attached hydrogens (tertiary/aromatic N) is 3. The quantitative estimate of drug-likeness (QED) is 0.800. The maximum atomic E-state index is 14.0. The average Bonchev–Trinajstić information content (AvgIpc) is 3.02. The highest BCUT2D eigenvalue weighted by molar-refractivity contribution is 5.35. The van der Waals surface area contributed by atoms with E-state index in [4.69, 9.17) is 4.74 Å². The molecule has 0 aliphatic rings. The van der Waals surface area contributed by atoms with Gasteiger partial charge in [0.25, 0.3) is 0 Å². The van der Waals surface area contributed by atoms with Gasteiger partial charge in [0.05, 0.1) is 5.69 Å². The third-order valence-electron chi connectivity index (χ3n) is 2.95. The Morgan fingerprint density at radius 1 is 1.14 bits per heavy atom. The molecule has 106 valence electrons. The van der Waals surface area contributed by atoms with Crippen LogP contribution in [0.25, 0.3) is 5.69 Å². The second-order valence-electron chi connectivity index (χ2n) is 4.40. The third-order valence-corrected chi connectivity index (χ3v) is 2.95. The van der Waals surface area contributed by atoms with Crippen LogP contribution in [0, 0.1) is 5.82 Å². The minimum atomic E-state index is -0.373. The van der Waals surface area contributed by atoms with Gasteiger partial charge in [0, 0.05) is 11.6 Å². The van der Waals surface area contributed by atoms with E-state index in [2.05, 4.69) is 10.1 Å². The van der Waals surface area contributed by atoms with Crippen LogP contribution in [0.4, 0.5) is 4.39 Å². The van der Waals surface area contributed by atoms with Crippen molar-refractivity contribution in [2.45, 2.75) is 6.61 Å². The lowest BCUT2D eigenvalue weighted by Crippen LogP contribution is -2.01. The van der Waals surface area contributed by atoms with Crippen molar-refractivity contribution in [1.29, 1.82) is 0 Å². The zero-order valence-corrected chi connectivity index (χ0v) is 11.0. The average molecular weight is 285 g/mol. The number of hydrogen-bond donors (Lipinski definition) is 1. The first-order valence-electron chi connectivity index (χ1n) is 6.27. The van der Waals surface area contributed by atoms with Gasteiger partial charge in [-0.2, -0.15) is 5.10 Å². The van der Waals surface area contributed by atoms with Gasteiger partial charge in [-0.3, -0.25) is 0 Å². The second kappa shape index (κ2) is 5.62. The molecule has 0 radical (unpaired) electrons. The van der Waals surface area contributed by atoms with Gasteiger partial charge in [0.15, 0.2) is 0 Å². The van der Waals surface area contributed by atoms with E-state index < -0.39 is 0 Å². The third kappa shape index (κ3) is 3.00. The molecule has 0 bridgehead atoms. The molecule has 0 atom stereocenters. The maximum Gasteiger partial charge on any atom is 0.138 e. The van der Waals surface area contributed by atoms with Gasteiger partial charge in [0.2, 0.25) is 0 Å². The summed E-state index contributed by atoms with van der Waals surface area (Å²) in [5, 5.41) is 13.1. The van der Waals surface area contributed by atoms with Crippen LogP contribution in [-0.2, 0) is 6.61 Å². The highest BCUT2D eigenvalue weighted by Crippen LogP contribution is 2.19. The topological polar surface area (TPSA) is 60.2 Å². The van der Waals surface area contributed by atoms with E-state index in [9.17, 15) is 9.50 Å². The Morgan fingerprint density at radius 2 is 1.95 bits per heavy atom. The molecule has 5 nitrogen and oxygen atoms in total. The number of aromatic hydroxyl groups is 1. The van der Waals surface area contributed by atoms with Gasteiger partial charge < -0.3 is 9.84 Å². The molecule has 21 heavy (non-hydrogen) atoms. The van der Waals surface area contributed by atoms with Crippen molar-refractivity contribution in [2.75, 3.05) is 0 Å². The molecule has 1 heterocycles. The van der Waals surface area contributed by atoms with E-state index in [-0.39, 0.29) is 18.2 Å². The summed E-state index contributed by atoms with van der Waals surface area (Å²) >= 11 is 0.